The predicted octanol–water partition coefficient (Wildman–Crippen LogP) is 5.22. The Labute approximate surface area is 230 Å². The van der Waals surface area contributed by atoms with Crippen LogP contribution in [0.5, 0.6) is 0 Å². The molecule has 1 heterocycles. The van der Waals surface area contributed by atoms with Gasteiger partial charge in [0.1, 0.15) is 0 Å². The van der Waals surface area contributed by atoms with Gasteiger partial charge in [-0.15, -0.1) is 0 Å². The van der Waals surface area contributed by atoms with Crippen molar-refractivity contribution in [3.63, 3.8) is 0 Å². The number of piperazine rings is 1. The third-order valence-corrected chi connectivity index (χ3v) is 6.84. The molecular weight excluding hydrogens is 490 g/mol. The number of amides is 4. The molecule has 4 amide bonds. The Morgan fingerprint density at radius 2 is 1.49 bits per heavy atom. The van der Waals surface area contributed by atoms with Crippen molar-refractivity contribution in [1.82, 2.24) is 9.80 Å². The Morgan fingerprint density at radius 3 is 2.13 bits per heavy atom. The summed E-state index contributed by atoms with van der Waals surface area (Å²) in [4.78, 5) is 44.5. The third-order valence-electron chi connectivity index (χ3n) is 6.84. The number of carbonyl (C=O) groups excluding carboxylic acids is 3. The quantitative estimate of drug-likeness (QED) is 0.442. The van der Waals surface area contributed by atoms with Crippen molar-refractivity contribution in [2.24, 2.45) is 5.92 Å². The monoisotopic (exact) mass is 527 g/mol. The number of nitrogens with zero attached hydrogens (tertiary/aromatic N) is 3. The second-order valence-corrected chi connectivity index (χ2v) is 10.3. The Bertz CT molecular complexity index is 1300. The molecule has 1 fully saturated rings. The number of benzene rings is 3. The summed E-state index contributed by atoms with van der Waals surface area (Å²) in [5.41, 5.74) is 4.84. The van der Waals surface area contributed by atoms with E-state index in [1.807, 2.05) is 87.5 Å². The molecule has 0 saturated carbocycles. The van der Waals surface area contributed by atoms with Crippen LogP contribution in [0.25, 0.3) is 0 Å². The van der Waals surface area contributed by atoms with E-state index in [2.05, 4.69) is 15.5 Å². The van der Waals surface area contributed by atoms with Gasteiger partial charge in [0.15, 0.2) is 0 Å². The van der Waals surface area contributed by atoms with Crippen LogP contribution in [0.1, 0.15) is 35.3 Å². The van der Waals surface area contributed by atoms with Crippen molar-refractivity contribution < 1.29 is 14.4 Å². The molecule has 0 spiro atoms. The summed E-state index contributed by atoms with van der Waals surface area (Å²) >= 11 is 0. The minimum Gasteiger partial charge on any atom is -0.367 e. The molecule has 2 N–H and O–H groups in total. The number of urea groups is 1. The molecule has 39 heavy (non-hydrogen) atoms. The molecular formula is C31H37N5O3. The fraction of sp³-hybridized carbons (Fsp3) is 0.323. The van der Waals surface area contributed by atoms with Gasteiger partial charge in [0.2, 0.25) is 5.91 Å². The van der Waals surface area contributed by atoms with Crippen LogP contribution >= 0.6 is 0 Å². The van der Waals surface area contributed by atoms with Crippen LogP contribution in [-0.4, -0.2) is 60.9 Å². The third kappa shape index (κ3) is 7.16. The van der Waals surface area contributed by atoms with E-state index in [-0.39, 0.29) is 23.8 Å². The van der Waals surface area contributed by atoms with Gasteiger partial charge in [-0.2, -0.15) is 0 Å². The smallest absolute Gasteiger partial charge is 0.321 e. The predicted molar refractivity (Wildman–Crippen MR) is 156 cm³/mol. The first-order chi connectivity index (χ1) is 18.7. The normalized spacial score (nSPS) is 13.3. The molecule has 0 atom stereocenters. The molecule has 0 aromatic heterocycles. The van der Waals surface area contributed by atoms with E-state index < -0.39 is 0 Å². The van der Waals surface area contributed by atoms with Crippen LogP contribution in [-0.2, 0) is 11.3 Å². The highest BCUT2D eigenvalue weighted by Gasteiger charge is 2.26. The molecule has 8 nitrogen and oxygen atoms in total. The van der Waals surface area contributed by atoms with Gasteiger partial charge < -0.3 is 25.3 Å². The van der Waals surface area contributed by atoms with Crippen LogP contribution in [0.15, 0.2) is 72.8 Å². The lowest BCUT2D eigenvalue weighted by molar-refractivity contribution is -0.118. The van der Waals surface area contributed by atoms with Gasteiger partial charge in [0.05, 0.1) is 5.56 Å². The van der Waals surface area contributed by atoms with Gasteiger partial charge in [-0.25, -0.2) is 4.79 Å². The van der Waals surface area contributed by atoms with Gasteiger partial charge >= 0.3 is 6.03 Å². The molecule has 1 aliphatic heterocycles. The molecule has 0 unspecified atom stereocenters. The minimum absolute atomic E-state index is 0.105. The maximum Gasteiger partial charge on any atom is 0.321 e. The molecule has 204 valence electrons. The second kappa shape index (κ2) is 12.5. The Balaban J connectivity index is 1.50. The second-order valence-electron chi connectivity index (χ2n) is 10.3. The summed E-state index contributed by atoms with van der Waals surface area (Å²) in [6, 6.07) is 22.9. The molecule has 0 bridgehead atoms. The number of hydrogen-bond acceptors (Lipinski definition) is 4. The topological polar surface area (TPSA) is 85.0 Å². The zero-order chi connectivity index (χ0) is 27.9. The van der Waals surface area contributed by atoms with Gasteiger partial charge in [0.25, 0.3) is 5.91 Å². The average molecular weight is 528 g/mol. The SMILES string of the molecule is Cc1ccc(NC(=O)N2CCN(c3ccc(NC(=O)C(C)C)cc3C(=O)N(C)Cc3ccccc3)CC2)cc1. The summed E-state index contributed by atoms with van der Waals surface area (Å²) in [6.07, 6.45) is 0. The molecule has 3 aromatic carbocycles. The first-order valence-corrected chi connectivity index (χ1v) is 13.3. The lowest BCUT2D eigenvalue weighted by Crippen LogP contribution is -2.50. The van der Waals surface area contributed by atoms with Crippen LogP contribution < -0.4 is 15.5 Å². The molecule has 3 aromatic rings. The van der Waals surface area contributed by atoms with E-state index in [0.717, 1.165) is 22.5 Å². The maximum atomic E-state index is 13.7. The summed E-state index contributed by atoms with van der Waals surface area (Å²) in [7, 11) is 1.78. The number of nitrogens with one attached hydrogen (secondary N) is 2. The van der Waals surface area contributed by atoms with Crippen molar-refractivity contribution in [3.05, 3.63) is 89.5 Å². The zero-order valence-corrected chi connectivity index (χ0v) is 23.1. The summed E-state index contributed by atoms with van der Waals surface area (Å²) in [5, 5.41) is 5.88. The van der Waals surface area contributed by atoms with E-state index in [1.54, 1.807) is 22.9 Å². The molecule has 0 radical (unpaired) electrons. The van der Waals surface area contributed by atoms with Crippen LogP contribution in [0, 0.1) is 12.8 Å². The van der Waals surface area contributed by atoms with Crippen LogP contribution in [0.4, 0.5) is 21.9 Å². The fourth-order valence-corrected chi connectivity index (χ4v) is 4.47. The fourth-order valence-electron chi connectivity index (χ4n) is 4.47. The number of rotatable bonds is 7. The minimum atomic E-state index is -0.177. The van der Waals surface area contributed by atoms with Crippen molar-refractivity contribution in [2.75, 3.05) is 48.8 Å². The molecule has 4 rings (SSSR count). The zero-order valence-electron chi connectivity index (χ0n) is 23.1. The highest BCUT2D eigenvalue weighted by atomic mass is 16.2. The molecule has 1 saturated heterocycles. The average Bonchev–Trinajstić information content (AvgIpc) is 2.94. The number of aryl methyl sites for hydroxylation is 1. The largest absolute Gasteiger partial charge is 0.367 e. The van der Waals surface area contributed by atoms with Crippen molar-refractivity contribution in [3.8, 4) is 0 Å². The van der Waals surface area contributed by atoms with E-state index in [4.69, 9.17) is 0 Å². The Hall–Kier alpha value is -4.33. The van der Waals surface area contributed by atoms with Gasteiger partial charge in [-0.3, -0.25) is 9.59 Å². The Morgan fingerprint density at radius 1 is 0.846 bits per heavy atom. The number of anilines is 3. The highest BCUT2D eigenvalue weighted by molar-refractivity contribution is 6.02. The van der Waals surface area contributed by atoms with Crippen molar-refractivity contribution in [2.45, 2.75) is 27.3 Å². The molecule has 8 heteroatoms. The maximum absolute atomic E-state index is 13.7. The van der Waals surface area contributed by atoms with Gasteiger partial charge in [-0.05, 0) is 42.8 Å². The lowest BCUT2D eigenvalue weighted by Gasteiger charge is -2.37. The highest BCUT2D eigenvalue weighted by Crippen LogP contribution is 2.28. The summed E-state index contributed by atoms with van der Waals surface area (Å²) in [6.45, 7) is 8.36. The van der Waals surface area contributed by atoms with Gasteiger partial charge in [0, 0.05) is 62.8 Å². The van der Waals surface area contributed by atoms with E-state index in [0.29, 0.717) is 44.0 Å². The Kier molecular flexibility index (Phi) is 8.86. The van der Waals surface area contributed by atoms with Crippen LogP contribution in [0.2, 0.25) is 0 Å². The lowest BCUT2D eigenvalue weighted by atomic mass is 10.1. The van der Waals surface area contributed by atoms with Crippen molar-refractivity contribution >= 4 is 34.9 Å². The van der Waals surface area contributed by atoms with Crippen molar-refractivity contribution in [1.29, 1.82) is 0 Å². The molecule has 0 aliphatic carbocycles. The van der Waals surface area contributed by atoms with Gasteiger partial charge in [-0.1, -0.05) is 61.9 Å². The van der Waals surface area contributed by atoms with E-state index in [1.165, 1.54) is 0 Å². The number of carbonyl (C=O) groups is 3. The van der Waals surface area contributed by atoms with E-state index in [9.17, 15) is 14.4 Å². The summed E-state index contributed by atoms with van der Waals surface area (Å²) < 4.78 is 0. The first kappa shape index (κ1) is 27.7. The standard InChI is InChI=1S/C31H37N5O3/c1-22(2)29(37)32-26-14-15-28(27(20-26)30(38)34(4)21-24-8-6-5-7-9-24)35-16-18-36(19-17-35)31(39)33-25-12-10-23(3)11-13-25/h5-15,20,22H,16-19,21H2,1-4H3,(H,32,37)(H,33,39). The first-order valence-electron chi connectivity index (χ1n) is 13.3. The van der Waals surface area contributed by atoms with Crippen LogP contribution in [0.3, 0.4) is 0 Å². The van der Waals surface area contributed by atoms with E-state index >= 15 is 0 Å². The number of hydrogen-bond donors (Lipinski definition) is 2. The molecule has 1 aliphatic rings. The summed E-state index contributed by atoms with van der Waals surface area (Å²) in [5.74, 6) is -0.412.